The van der Waals surface area contributed by atoms with Crippen LogP contribution in [0.4, 0.5) is 5.69 Å². The molecule has 0 radical (unpaired) electrons. The number of amides is 1. The Hall–Kier alpha value is -2.39. The van der Waals surface area contributed by atoms with Gasteiger partial charge in [-0.15, -0.1) is 11.3 Å². The van der Waals surface area contributed by atoms with Crippen LogP contribution in [0.1, 0.15) is 20.0 Å². The molecule has 0 aliphatic rings. The average Bonchev–Trinajstić information content (AvgIpc) is 3.02. The van der Waals surface area contributed by atoms with Crippen molar-refractivity contribution in [2.45, 2.75) is 0 Å². The van der Waals surface area contributed by atoms with Crippen molar-refractivity contribution < 1.29 is 14.3 Å². The molecule has 0 saturated heterocycles. The van der Waals surface area contributed by atoms with Gasteiger partial charge < -0.3 is 10.1 Å². The first-order chi connectivity index (χ1) is 13.4. The van der Waals surface area contributed by atoms with E-state index < -0.39 is 5.97 Å². The van der Waals surface area contributed by atoms with E-state index >= 15 is 0 Å². The average molecular weight is 454 g/mol. The fourth-order valence-corrected chi connectivity index (χ4v) is 4.08. The summed E-state index contributed by atoms with van der Waals surface area (Å²) in [5, 5.41) is 4.79. The summed E-state index contributed by atoms with van der Waals surface area (Å²) >= 11 is 18.4. The molecule has 0 spiro atoms. The predicted molar refractivity (Wildman–Crippen MR) is 116 cm³/mol. The van der Waals surface area contributed by atoms with Gasteiger partial charge in [-0.1, -0.05) is 23.2 Å². The molecule has 144 valence electrons. The summed E-state index contributed by atoms with van der Waals surface area (Å²) in [6, 6.07) is 11.8. The SMILES string of the molecule is COC(=O)c1sc2cc(NC(=S)NNC(=O)c3ccc(Cl)cc3)ccc2c1Cl. The quantitative estimate of drug-likeness (QED) is 0.304. The molecule has 0 atom stereocenters. The van der Waals surface area contributed by atoms with Crippen molar-refractivity contribution >= 4 is 79.5 Å². The van der Waals surface area contributed by atoms with Gasteiger partial charge in [0.05, 0.1) is 12.1 Å². The molecule has 0 aliphatic heterocycles. The maximum absolute atomic E-state index is 12.1. The minimum atomic E-state index is -0.484. The molecule has 1 heterocycles. The topological polar surface area (TPSA) is 79.5 Å². The van der Waals surface area contributed by atoms with Crippen LogP contribution in [0.25, 0.3) is 10.1 Å². The molecule has 3 N–H and O–H groups in total. The Labute approximate surface area is 179 Å². The van der Waals surface area contributed by atoms with Crippen LogP contribution in [0, 0.1) is 0 Å². The second-order valence-electron chi connectivity index (χ2n) is 5.49. The van der Waals surface area contributed by atoms with Crippen LogP contribution in [0.3, 0.4) is 0 Å². The molecule has 0 fully saturated rings. The lowest BCUT2D eigenvalue weighted by atomic mass is 10.2. The van der Waals surface area contributed by atoms with E-state index in [1.807, 2.05) is 0 Å². The number of carbonyl (C=O) groups excluding carboxylic acids is 2. The number of fused-ring (bicyclic) bond motifs is 1. The number of nitrogens with one attached hydrogen (secondary N) is 3. The van der Waals surface area contributed by atoms with E-state index in [4.69, 9.17) is 40.2 Å². The summed E-state index contributed by atoms with van der Waals surface area (Å²) in [7, 11) is 1.30. The summed E-state index contributed by atoms with van der Waals surface area (Å²) in [5.74, 6) is -0.841. The molecular formula is C18H13Cl2N3O3S2. The first kappa shape index (κ1) is 20.3. The molecule has 0 saturated carbocycles. The monoisotopic (exact) mass is 453 g/mol. The molecule has 2 aromatic carbocycles. The Morgan fingerprint density at radius 3 is 2.46 bits per heavy atom. The second kappa shape index (κ2) is 8.74. The van der Waals surface area contributed by atoms with E-state index in [0.717, 1.165) is 10.1 Å². The zero-order chi connectivity index (χ0) is 20.3. The molecule has 6 nitrogen and oxygen atoms in total. The van der Waals surface area contributed by atoms with Gasteiger partial charge in [0, 0.05) is 26.4 Å². The smallest absolute Gasteiger partial charge is 0.349 e. The van der Waals surface area contributed by atoms with Gasteiger partial charge in [-0.05, 0) is 54.7 Å². The number of anilines is 1. The van der Waals surface area contributed by atoms with Crippen molar-refractivity contribution in [3.63, 3.8) is 0 Å². The van der Waals surface area contributed by atoms with E-state index in [1.165, 1.54) is 18.4 Å². The van der Waals surface area contributed by atoms with Gasteiger partial charge in [0.2, 0.25) is 0 Å². The van der Waals surface area contributed by atoms with Crippen LogP contribution in [0.2, 0.25) is 10.0 Å². The Balaban J connectivity index is 1.65. The van der Waals surface area contributed by atoms with Crippen LogP contribution in [0.5, 0.6) is 0 Å². The largest absolute Gasteiger partial charge is 0.465 e. The highest BCUT2D eigenvalue weighted by molar-refractivity contribution is 7.80. The van der Waals surface area contributed by atoms with Crippen LogP contribution in [-0.4, -0.2) is 24.1 Å². The maximum Gasteiger partial charge on any atom is 0.349 e. The number of esters is 1. The summed E-state index contributed by atoms with van der Waals surface area (Å²) in [6.07, 6.45) is 0. The highest BCUT2D eigenvalue weighted by Gasteiger charge is 2.17. The van der Waals surface area contributed by atoms with E-state index in [0.29, 0.717) is 26.2 Å². The van der Waals surface area contributed by atoms with Gasteiger partial charge in [0.15, 0.2) is 5.11 Å². The molecule has 10 heteroatoms. The molecule has 3 rings (SSSR count). The fraction of sp³-hybridized carbons (Fsp3) is 0.0556. The summed E-state index contributed by atoms with van der Waals surface area (Å²) in [6.45, 7) is 0. The van der Waals surface area contributed by atoms with Crippen molar-refractivity contribution in [2.24, 2.45) is 0 Å². The molecular weight excluding hydrogens is 441 g/mol. The van der Waals surface area contributed by atoms with Crippen molar-refractivity contribution in [1.29, 1.82) is 0 Å². The van der Waals surface area contributed by atoms with Gasteiger partial charge in [-0.2, -0.15) is 0 Å². The summed E-state index contributed by atoms with van der Waals surface area (Å²) in [4.78, 5) is 24.2. The third kappa shape index (κ3) is 4.53. The molecule has 28 heavy (non-hydrogen) atoms. The van der Waals surface area contributed by atoms with Gasteiger partial charge in [-0.25, -0.2) is 4.79 Å². The number of thiophene rings is 1. The summed E-state index contributed by atoms with van der Waals surface area (Å²) < 4.78 is 5.53. The van der Waals surface area contributed by atoms with Crippen molar-refractivity contribution in [2.75, 3.05) is 12.4 Å². The zero-order valence-electron chi connectivity index (χ0n) is 14.3. The summed E-state index contributed by atoms with van der Waals surface area (Å²) in [5.41, 5.74) is 6.22. The van der Waals surface area contributed by atoms with E-state index in [1.54, 1.807) is 42.5 Å². The fourth-order valence-electron chi connectivity index (χ4n) is 2.32. The lowest BCUT2D eigenvalue weighted by molar-refractivity contribution is 0.0606. The van der Waals surface area contributed by atoms with Gasteiger partial charge in [0.1, 0.15) is 4.88 Å². The van der Waals surface area contributed by atoms with Crippen LogP contribution >= 0.6 is 46.8 Å². The Morgan fingerprint density at radius 2 is 1.79 bits per heavy atom. The van der Waals surface area contributed by atoms with Gasteiger partial charge >= 0.3 is 5.97 Å². The first-order valence-electron chi connectivity index (χ1n) is 7.82. The number of methoxy groups -OCH3 is 1. The van der Waals surface area contributed by atoms with Crippen LogP contribution in [0.15, 0.2) is 42.5 Å². The maximum atomic E-state index is 12.1. The number of ether oxygens (including phenoxy) is 1. The second-order valence-corrected chi connectivity index (χ2v) is 7.76. The third-order valence-electron chi connectivity index (χ3n) is 3.65. The number of hydrogen-bond donors (Lipinski definition) is 3. The minimum Gasteiger partial charge on any atom is -0.465 e. The lowest BCUT2D eigenvalue weighted by Gasteiger charge is -2.11. The highest BCUT2D eigenvalue weighted by Crippen LogP contribution is 2.37. The normalized spacial score (nSPS) is 10.4. The van der Waals surface area contributed by atoms with E-state index in [-0.39, 0.29) is 11.0 Å². The van der Waals surface area contributed by atoms with Gasteiger partial charge in [-0.3, -0.25) is 15.6 Å². The molecule has 1 aromatic heterocycles. The Morgan fingerprint density at radius 1 is 1.07 bits per heavy atom. The molecule has 1 amide bonds. The number of hydrogen-bond acceptors (Lipinski definition) is 5. The predicted octanol–water partition coefficient (Wildman–Crippen LogP) is 4.63. The Kier molecular flexibility index (Phi) is 6.35. The Bertz CT molecular complexity index is 1070. The van der Waals surface area contributed by atoms with E-state index in [2.05, 4.69) is 16.2 Å². The molecule has 3 aromatic rings. The highest BCUT2D eigenvalue weighted by atomic mass is 35.5. The lowest BCUT2D eigenvalue weighted by Crippen LogP contribution is -2.43. The molecule has 0 bridgehead atoms. The third-order valence-corrected chi connectivity index (χ3v) is 5.75. The number of carbonyl (C=O) groups is 2. The number of halogens is 2. The first-order valence-corrected chi connectivity index (χ1v) is 9.80. The van der Waals surface area contributed by atoms with E-state index in [9.17, 15) is 9.59 Å². The zero-order valence-corrected chi connectivity index (χ0v) is 17.5. The minimum absolute atomic E-state index is 0.192. The standard InChI is InChI=1S/C18H13Cl2N3O3S2/c1-26-17(25)15-14(20)12-7-6-11(8-13(12)28-15)21-18(27)23-22-16(24)9-2-4-10(19)5-3-9/h2-8H,1H3,(H,22,24)(H2,21,23,27). The van der Waals surface area contributed by atoms with Gasteiger partial charge in [0.25, 0.3) is 5.91 Å². The number of rotatable bonds is 3. The van der Waals surface area contributed by atoms with Crippen LogP contribution < -0.4 is 16.2 Å². The van der Waals surface area contributed by atoms with Crippen LogP contribution in [-0.2, 0) is 4.74 Å². The van der Waals surface area contributed by atoms with Crippen molar-refractivity contribution in [3.05, 3.63) is 63.0 Å². The van der Waals surface area contributed by atoms with Crippen molar-refractivity contribution in [3.8, 4) is 0 Å². The number of thiocarbonyl (C=S) groups is 1. The number of hydrazine groups is 1. The van der Waals surface area contributed by atoms with Crippen molar-refractivity contribution in [1.82, 2.24) is 10.9 Å². The molecule has 0 unspecified atom stereocenters. The molecule has 0 aliphatic carbocycles. The number of benzene rings is 2.